The summed E-state index contributed by atoms with van der Waals surface area (Å²) in [6, 6.07) is 0. The van der Waals surface area contributed by atoms with Gasteiger partial charge in [0.1, 0.15) is 0 Å². The van der Waals surface area contributed by atoms with Crippen LogP contribution in [-0.4, -0.2) is 16.4 Å². The minimum atomic E-state index is -0.960. The van der Waals surface area contributed by atoms with E-state index in [0.717, 1.165) is 19.3 Å². The molecule has 0 aliphatic heterocycles. The molecule has 0 rings (SSSR count). The summed E-state index contributed by atoms with van der Waals surface area (Å²) in [5.74, 6) is 0. The predicted molar refractivity (Wildman–Crippen MR) is 55.0 cm³/mol. The Balaban J connectivity index is 0. The fourth-order valence-corrected chi connectivity index (χ4v) is 1.29. The molecular weight excluding hydrogens is 198 g/mol. The summed E-state index contributed by atoms with van der Waals surface area (Å²) >= 11 is 1.27. The minimum absolute atomic E-state index is 0. The summed E-state index contributed by atoms with van der Waals surface area (Å²) in [6.07, 6.45) is 2.44. The van der Waals surface area contributed by atoms with Gasteiger partial charge in [-0.1, -0.05) is 26.7 Å². The van der Waals surface area contributed by atoms with E-state index in [1.54, 1.807) is 0 Å². The number of hydrogen-bond acceptors (Lipinski definition) is 2. The van der Waals surface area contributed by atoms with Gasteiger partial charge in [-0.25, -0.2) is 4.79 Å². The number of rotatable bonds is 5. The zero-order valence-electron chi connectivity index (χ0n) is 7.37. The summed E-state index contributed by atoms with van der Waals surface area (Å²) in [5, 5.41) is 8.64. The van der Waals surface area contributed by atoms with Gasteiger partial charge in [-0.15, -0.1) is 12.4 Å². The third kappa shape index (κ3) is 9.91. The van der Waals surface area contributed by atoms with Crippen molar-refractivity contribution in [3.05, 3.63) is 0 Å². The van der Waals surface area contributed by atoms with E-state index in [4.69, 9.17) is 5.11 Å². The maximum atomic E-state index is 10.0. The predicted octanol–water partition coefficient (Wildman–Crippen LogP) is 2.90. The average molecular weight is 214 g/mol. The summed E-state index contributed by atoms with van der Waals surface area (Å²) in [6.45, 7) is 4.15. The lowest BCUT2D eigenvalue weighted by Gasteiger charge is -2.08. The molecule has 0 saturated carbocycles. The first-order valence-electron chi connectivity index (χ1n) is 3.81. The highest BCUT2D eigenvalue weighted by Crippen LogP contribution is 2.12. The van der Waals surface area contributed by atoms with Crippen LogP contribution in [0.3, 0.4) is 0 Å². The van der Waals surface area contributed by atoms with Crippen molar-refractivity contribution in [2.75, 3.05) is 0 Å². The molecule has 1 amide bonds. The minimum Gasteiger partial charge on any atom is -0.464 e. The van der Waals surface area contributed by atoms with Gasteiger partial charge in [-0.3, -0.25) is 4.72 Å². The van der Waals surface area contributed by atoms with Crippen LogP contribution >= 0.6 is 24.4 Å². The van der Waals surface area contributed by atoms with E-state index in [2.05, 4.69) is 11.6 Å². The van der Waals surface area contributed by atoms with Crippen molar-refractivity contribution in [3.8, 4) is 0 Å². The van der Waals surface area contributed by atoms with Crippen LogP contribution in [0.5, 0.6) is 0 Å². The molecule has 0 aromatic carbocycles. The van der Waals surface area contributed by atoms with Crippen LogP contribution in [0, 0.1) is 0 Å². The Morgan fingerprint density at radius 3 is 2.67 bits per heavy atom. The second-order valence-electron chi connectivity index (χ2n) is 2.48. The van der Waals surface area contributed by atoms with E-state index in [9.17, 15) is 4.79 Å². The number of unbranched alkanes of at least 4 members (excludes halogenated alkanes) is 1. The Hall–Kier alpha value is -0.0900. The zero-order valence-corrected chi connectivity index (χ0v) is 9.00. The molecule has 0 fully saturated rings. The van der Waals surface area contributed by atoms with Crippen LogP contribution < -0.4 is 4.72 Å². The van der Waals surface area contributed by atoms with E-state index in [-0.39, 0.29) is 12.4 Å². The largest absolute Gasteiger partial charge is 0.464 e. The molecule has 0 heterocycles. The summed E-state index contributed by atoms with van der Waals surface area (Å²) in [4.78, 5) is 10.0. The van der Waals surface area contributed by atoms with Crippen molar-refractivity contribution in [1.82, 2.24) is 4.72 Å². The molecule has 1 unspecified atom stereocenters. The zero-order chi connectivity index (χ0) is 8.69. The van der Waals surface area contributed by atoms with Gasteiger partial charge in [0.25, 0.3) is 0 Å². The molecule has 0 aliphatic rings. The molecule has 0 aromatic heterocycles. The maximum absolute atomic E-state index is 10.0. The number of carbonyl (C=O) groups is 1. The number of amides is 1. The number of nitrogens with one attached hydrogen (secondary N) is 1. The molecule has 0 radical (unpaired) electrons. The Morgan fingerprint density at radius 1 is 1.67 bits per heavy atom. The first-order valence-corrected chi connectivity index (χ1v) is 4.69. The highest BCUT2D eigenvalue weighted by Gasteiger charge is 2.03. The number of hydrogen-bond donors (Lipinski definition) is 2. The van der Waals surface area contributed by atoms with E-state index in [1.807, 2.05) is 6.92 Å². The molecule has 5 heteroatoms. The topological polar surface area (TPSA) is 49.3 Å². The van der Waals surface area contributed by atoms with E-state index in [0.29, 0.717) is 5.25 Å². The van der Waals surface area contributed by atoms with Crippen molar-refractivity contribution in [3.63, 3.8) is 0 Å². The molecule has 3 nitrogen and oxygen atoms in total. The number of carboxylic acid groups (broad SMARTS) is 1. The highest BCUT2D eigenvalue weighted by atomic mass is 35.5. The Labute approximate surface area is 83.8 Å². The highest BCUT2D eigenvalue weighted by molar-refractivity contribution is 7.98. The van der Waals surface area contributed by atoms with Crippen molar-refractivity contribution >= 4 is 30.4 Å². The third-order valence-corrected chi connectivity index (χ3v) is 2.24. The van der Waals surface area contributed by atoms with Crippen LogP contribution in [-0.2, 0) is 0 Å². The molecule has 74 valence electrons. The standard InChI is InChI=1S/C7H15NO2S.ClH/c1-3-4-5-6(2)11-8-7(9)10;/h6,8H,3-5H2,1-2H3,(H,9,10);1H. The van der Waals surface area contributed by atoms with Gasteiger partial charge in [0.15, 0.2) is 0 Å². The molecule has 0 bridgehead atoms. The van der Waals surface area contributed by atoms with Crippen molar-refractivity contribution in [2.24, 2.45) is 0 Å². The lowest BCUT2D eigenvalue weighted by molar-refractivity contribution is 0.202. The first kappa shape index (κ1) is 14.4. The van der Waals surface area contributed by atoms with Gasteiger partial charge >= 0.3 is 6.09 Å². The Morgan fingerprint density at radius 2 is 2.25 bits per heavy atom. The van der Waals surface area contributed by atoms with Crippen LogP contribution in [0.4, 0.5) is 4.79 Å². The van der Waals surface area contributed by atoms with Crippen molar-refractivity contribution in [1.29, 1.82) is 0 Å². The fourth-order valence-electron chi connectivity index (χ4n) is 0.702. The molecular formula is C7H16ClNO2S. The second-order valence-corrected chi connectivity index (χ2v) is 3.72. The Kier molecular flexibility index (Phi) is 10.8. The maximum Gasteiger partial charge on any atom is 0.414 e. The van der Waals surface area contributed by atoms with E-state index in [1.165, 1.54) is 11.9 Å². The van der Waals surface area contributed by atoms with Crippen LogP contribution in [0.1, 0.15) is 33.1 Å². The lowest BCUT2D eigenvalue weighted by atomic mass is 10.2. The van der Waals surface area contributed by atoms with Crippen molar-refractivity contribution in [2.45, 2.75) is 38.4 Å². The van der Waals surface area contributed by atoms with Crippen LogP contribution in [0.2, 0.25) is 0 Å². The number of halogens is 1. The first-order chi connectivity index (χ1) is 5.16. The molecule has 0 spiro atoms. The van der Waals surface area contributed by atoms with Gasteiger partial charge in [-0.2, -0.15) is 0 Å². The SMILES string of the molecule is CCCCC(C)SNC(=O)O.Cl. The van der Waals surface area contributed by atoms with Gasteiger partial charge in [0, 0.05) is 5.25 Å². The van der Waals surface area contributed by atoms with Crippen LogP contribution in [0.25, 0.3) is 0 Å². The molecule has 0 saturated heterocycles. The van der Waals surface area contributed by atoms with E-state index < -0.39 is 6.09 Å². The summed E-state index contributed by atoms with van der Waals surface area (Å²) in [5.41, 5.74) is 0. The summed E-state index contributed by atoms with van der Waals surface area (Å²) < 4.78 is 2.29. The third-order valence-electron chi connectivity index (χ3n) is 1.31. The molecule has 1 atom stereocenters. The average Bonchev–Trinajstić information content (AvgIpc) is 1.97. The van der Waals surface area contributed by atoms with Gasteiger partial charge in [0.2, 0.25) is 0 Å². The molecule has 12 heavy (non-hydrogen) atoms. The molecule has 0 aromatic rings. The molecule has 2 N–H and O–H groups in total. The van der Waals surface area contributed by atoms with Crippen LogP contribution in [0.15, 0.2) is 0 Å². The molecule has 0 aliphatic carbocycles. The second kappa shape index (κ2) is 9.00. The van der Waals surface area contributed by atoms with Gasteiger partial charge in [0.05, 0.1) is 0 Å². The lowest BCUT2D eigenvalue weighted by Crippen LogP contribution is -2.15. The summed E-state index contributed by atoms with van der Waals surface area (Å²) in [7, 11) is 0. The van der Waals surface area contributed by atoms with Crippen molar-refractivity contribution < 1.29 is 9.90 Å². The smallest absolute Gasteiger partial charge is 0.414 e. The normalized spacial score (nSPS) is 11.5. The fraction of sp³-hybridized carbons (Fsp3) is 0.857. The van der Waals surface area contributed by atoms with Gasteiger partial charge < -0.3 is 5.11 Å². The quantitative estimate of drug-likeness (QED) is 0.691. The Bertz CT molecular complexity index is 124. The monoisotopic (exact) mass is 213 g/mol. The van der Waals surface area contributed by atoms with E-state index >= 15 is 0 Å². The van der Waals surface area contributed by atoms with Gasteiger partial charge in [-0.05, 0) is 18.4 Å².